The van der Waals surface area contributed by atoms with Crippen LogP contribution in [0.5, 0.6) is 0 Å². The van der Waals surface area contributed by atoms with E-state index in [1.54, 1.807) is 0 Å². The van der Waals surface area contributed by atoms with E-state index in [0.29, 0.717) is 0 Å². The maximum atomic E-state index is 3.51. The zero-order valence-electron chi connectivity index (χ0n) is 12.0. The van der Waals surface area contributed by atoms with Crippen LogP contribution in [0.15, 0.2) is 0 Å². The molecule has 0 saturated carbocycles. The van der Waals surface area contributed by atoms with E-state index in [2.05, 4.69) is 36.1 Å². The Morgan fingerprint density at radius 1 is 1.18 bits per heavy atom. The molecule has 0 aromatic carbocycles. The first-order valence-electron chi connectivity index (χ1n) is 7.30. The molecule has 1 fully saturated rings. The summed E-state index contributed by atoms with van der Waals surface area (Å²) < 4.78 is 0. The van der Waals surface area contributed by atoms with Crippen LogP contribution in [0, 0.1) is 5.92 Å². The molecule has 1 N–H and O–H groups in total. The standard InChI is InChI=1S/C14H31N3/c1-4-17(11-6-10-16(2)3)12-8-14-7-5-9-15-13-14/h14-15H,4-13H2,1-3H3. The van der Waals surface area contributed by atoms with Crippen molar-refractivity contribution in [1.82, 2.24) is 15.1 Å². The smallest absolute Gasteiger partial charge is 0.000667 e. The molecule has 0 spiro atoms. The van der Waals surface area contributed by atoms with Gasteiger partial charge in [0.05, 0.1) is 0 Å². The second-order valence-electron chi connectivity index (χ2n) is 5.59. The van der Waals surface area contributed by atoms with Crippen LogP contribution >= 0.6 is 0 Å². The molecule has 0 aromatic rings. The highest BCUT2D eigenvalue weighted by Crippen LogP contribution is 2.14. The van der Waals surface area contributed by atoms with E-state index in [1.165, 1.54) is 65.0 Å². The van der Waals surface area contributed by atoms with Crippen LogP contribution in [0.3, 0.4) is 0 Å². The average molecular weight is 241 g/mol. The summed E-state index contributed by atoms with van der Waals surface area (Å²) in [5, 5.41) is 3.51. The first-order chi connectivity index (χ1) is 8.22. The van der Waals surface area contributed by atoms with Crippen LogP contribution in [0.1, 0.15) is 32.6 Å². The molecule has 0 bridgehead atoms. The largest absolute Gasteiger partial charge is 0.316 e. The molecular formula is C14H31N3. The molecule has 0 amide bonds. The van der Waals surface area contributed by atoms with Crippen molar-refractivity contribution in [2.24, 2.45) is 5.92 Å². The van der Waals surface area contributed by atoms with Gasteiger partial charge in [-0.05, 0) is 85.0 Å². The van der Waals surface area contributed by atoms with Gasteiger partial charge in [-0.2, -0.15) is 0 Å². The lowest BCUT2D eigenvalue weighted by atomic mass is 9.96. The molecule has 3 heteroatoms. The molecule has 17 heavy (non-hydrogen) atoms. The minimum absolute atomic E-state index is 0.923. The molecule has 1 atom stereocenters. The lowest BCUT2D eigenvalue weighted by molar-refractivity contribution is 0.234. The summed E-state index contributed by atoms with van der Waals surface area (Å²) in [6, 6.07) is 0. The third-order valence-corrected chi connectivity index (χ3v) is 3.78. The van der Waals surface area contributed by atoms with Gasteiger partial charge >= 0.3 is 0 Å². The van der Waals surface area contributed by atoms with Crippen LogP contribution in [0.2, 0.25) is 0 Å². The molecule has 1 aliphatic heterocycles. The van der Waals surface area contributed by atoms with Crippen molar-refractivity contribution in [3.8, 4) is 0 Å². The lowest BCUT2D eigenvalue weighted by Gasteiger charge is -2.27. The predicted octanol–water partition coefficient (Wildman–Crippen LogP) is 1.65. The molecule has 0 aliphatic carbocycles. The Bertz CT molecular complexity index is 176. The maximum Gasteiger partial charge on any atom is -0.000667 e. The Labute approximate surface area is 108 Å². The SMILES string of the molecule is CCN(CCCN(C)C)CCC1CCCNC1. The number of nitrogens with one attached hydrogen (secondary N) is 1. The van der Waals surface area contributed by atoms with E-state index in [4.69, 9.17) is 0 Å². The summed E-state index contributed by atoms with van der Waals surface area (Å²) in [6.07, 6.45) is 5.48. The van der Waals surface area contributed by atoms with Crippen molar-refractivity contribution < 1.29 is 0 Å². The fourth-order valence-corrected chi connectivity index (χ4v) is 2.57. The maximum absolute atomic E-state index is 3.51. The molecule has 0 radical (unpaired) electrons. The van der Waals surface area contributed by atoms with Crippen molar-refractivity contribution in [3.63, 3.8) is 0 Å². The Balaban J connectivity index is 2.08. The Kier molecular flexibility index (Phi) is 7.82. The number of rotatable bonds is 8. The summed E-state index contributed by atoms with van der Waals surface area (Å²) >= 11 is 0. The van der Waals surface area contributed by atoms with Crippen LogP contribution < -0.4 is 5.32 Å². The Morgan fingerprint density at radius 3 is 2.59 bits per heavy atom. The quantitative estimate of drug-likeness (QED) is 0.697. The Morgan fingerprint density at radius 2 is 2.00 bits per heavy atom. The fraction of sp³-hybridized carbons (Fsp3) is 1.00. The van der Waals surface area contributed by atoms with Gasteiger partial charge in [0, 0.05) is 0 Å². The predicted molar refractivity (Wildman–Crippen MR) is 75.5 cm³/mol. The fourth-order valence-electron chi connectivity index (χ4n) is 2.57. The first-order valence-corrected chi connectivity index (χ1v) is 7.30. The van der Waals surface area contributed by atoms with E-state index in [0.717, 1.165) is 5.92 Å². The second kappa shape index (κ2) is 8.90. The molecule has 1 heterocycles. The van der Waals surface area contributed by atoms with Gasteiger partial charge in [-0.15, -0.1) is 0 Å². The molecule has 1 unspecified atom stereocenters. The minimum atomic E-state index is 0.923. The highest BCUT2D eigenvalue weighted by atomic mass is 15.1. The molecule has 1 rings (SSSR count). The highest BCUT2D eigenvalue weighted by molar-refractivity contribution is 4.70. The highest BCUT2D eigenvalue weighted by Gasteiger charge is 2.13. The third-order valence-electron chi connectivity index (χ3n) is 3.78. The van der Waals surface area contributed by atoms with Crippen molar-refractivity contribution in [1.29, 1.82) is 0 Å². The van der Waals surface area contributed by atoms with Crippen LogP contribution in [-0.4, -0.2) is 63.2 Å². The van der Waals surface area contributed by atoms with Gasteiger partial charge in [0.2, 0.25) is 0 Å². The van der Waals surface area contributed by atoms with E-state index in [-0.39, 0.29) is 0 Å². The molecule has 1 saturated heterocycles. The van der Waals surface area contributed by atoms with Crippen LogP contribution in [-0.2, 0) is 0 Å². The van der Waals surface area contributed by atoms with E-state index < -0.39 is 0 Å². The minimum Gasteiger partial charge on any atom is -0.316 e. The summed E-state index contributed by atoms with van der Waals surface area (Å²) in [5.41, 5.74) is 0. The molecule has 3 nitrogen and oxygen atoms in total. The van der Waals surface area contributed by atoms with E-state index >= 15 is 0 Å². The summed E-state index contributed by atoms with van der Waals surface area (Å²) in [7, 11) is 4.31. The average Bonchev–Trinajstić information content (AvgIpc) is 2.34. The zero-order valence-corrected chi connectivity index (χ0v) is 12.0. The van der Waals surface area contributed by atoms with E-state index in [9.17, 15) is 0 Å². The Hall–Kier alpha value is -0.120. The topological polar surface area (TPSA) is 18.5 Å². The van der Waals surface area contributed by atoms with Gasteiger partial charge in [-0.25, -0.2) is 0 Å². The lowest BCUT2D eigenvalue weighted by Crippen LogP contribution is -2.34. The van der Waals surface area contributed by atoms with E-state index in [1.807, 2.05) is 0 Å². The van der Waals surface area contributed by atoms with Crippen molar-refractivity contribution in [3.05, 3.63) is 0 Å². The van der Waals surface area contributed by atoms with Gasteiger partial charge in [-0.3, -0.25) is 0 Å². The zero-order chi connectivity index (χ0) is 12.5. The number of hydrogen-bond donors (Lipinski definition) is 1. The van der Waals surface area contributed by atoms with Crippen molar-refractivity contribution in [2.45, 2.75) is 32.6 Å². The first kappa shape index (κ1) is 14.9. The monoisotopic (exact) mass is 241 g/mol. The molecule has 1 aliphatic rings. The molecule has 0 aromatic heterocycles. The normalized spacial score (nSPS) is 21.4. The summed E-state index contributed by atoms with van der Waals surface area (Å²) in [6.45, 7) is 9.72. The number of piperidine rings is 1. The van der Waals surface area contributed by atoms with Gasteiger partial charge in [-0.1, -0.05) is 6.92 Å². The number of nitrogens with zero attached hydrogens (tertiary/aromatic N) is 2. The van der Waals surface area contributed by atoms with Gasteiger partial charge in [0.1, 0.15) is 0 Å². The third kappa shape index (κ3) is 7.02. The van der Waals surface area contributed by atoms with Crippen LogP contribution in [0.25, 0.3) is 0 Å². The molecule has 102 valence electrons. The van der Waals surface area contributed by atoms with Crippen LogP contribution in [0.4, 0.5) is 0 Å². The molecular weight excluding hydrogens is 210 g/mol. The van der Waals surface area contributed by atoms with Gasteiger partial charge in [0.15, 0.2) is 0 Å². The van der Waals surface area contributed by atoms with Crippen molar-refractivity contribution in [2.75, 3.05) is 53.4 Å². The summed E-state index contributed by atoms with van der Waals surface area (Å²) in [4.78, 5) is 4.89. The van der Waals surface area contributed by atoms with Gasteiger partial charge in [0.25, 0.3) is 0 Å². The second-order valence-corrected chi connectivity index (χ2v) is 5.59. The van der Waals surface area contributed by atoms with Gasteiger partial charge < -0.3 is 15.1 Å². The van der Waals surface area contributed by atoms with Crippen molar-refractivity contribution >= 4 is 0 Å². The number of hydrogen-bond acceptors (Lipinski definition) is 3. The summed E-state index contributed by atoms with van der Waals surface area (Å²) in [5.74, 6) is 0.923.